The van der Waals surface area contributed by atoms with Crippen LogP contribution in [0.5, 0.6) is 0 Å². The van der Waals surface area contributed by atoms with Crippen molar-refractivity contribution in [2.45, 2.75) is 13.1 Å². The van der Waals surface area contributed by atoms with Gasteiger partial charge >= 0.3 is 6.18 Å². The van der Waals surface area contributed by atoms with Gasteiger partial charge in [-0.05, 0) is 31.2 Å². The summed E-state index contributed by atoms with van der Waals surface area (Å²) in [5.74, 6) is -0.949. The Bertz CT molecular complexity index is 1130. The molecular weight excluding hydrogens is 416 g/mol. The maximum atomic E-state index is 13.6. The third-order valence-corrected chi connectivity index (χ3v) is 4.40. The Hall–Kier alpha value is -3.94. The lowest BCUT2D eigenvalue weighted by Gasteiger charge is -2.10. The molecule has 7 nitrogen and oxygen atoms in total. The van der Waals surface area contributed by atoms with Gasteiger partial charge in [-0.2, -0.15) is 23.5 Å². The van der Waals surface area contributed by atoms with Crippen molar-refractivity contribution in [1.82, 2.24) is 20.1 Å². The highest BCUT2D eigenvalue weighted by molar-refractivity contribution is 5.95. The molecule has 0 saturated carbocycles. The fourth-order valence-corrected chi connectivity index (χ4v) is 2.80. The fourth-order valence-electron chi connectivity index (χ4n) is 2.80. The van der Waals surface area contributed by atoms with Gasteiger partial charge in [-0.15, -0.1) is 0 Å². The van der Waals surface area contributed by atoms with Gasteiger partial charge in [0.05, 0.1) is 28.7 Å². The van der Waals surface area contributed by atoms with Crippen LogP contribution in [-0.2, 0) is 6.18 Å². The van der Waals surface area contributed by atoms with Gasteiger partial charge in [0.2, 0.25) is 0 Å². The highest BCUT2D eigenvalue weighted by Gasteiger charge is 2.30. The van der Waals surface area contributed by atoms with Gasteiger partial charge in [-0.1, -0.05) is 6.07 Å². The van der Waals surface area contributed by atoms with Gasteiger partial charge in [0.1, 0.15) is 17.4 Å². The Morgan fingerprint density at radius 1 is 1.19 bits per heavy atom. The number of nitriles is 1. The minimum Gasteiger partial charge on any atom is -0.382 e. The number of hydrogen-bond donors (Lipinski definition) is 2. The van der Waals surface area contributed by atoms with Crippen LogP contribution in [0.4, 0.5) is 23.2 Å². The minimum atomic E-state index is -4.50. The Morgan fingerprint density at radius 2 is 1.97 bits per heavy atom. The average Bonchev–Trinajstić information content (AvgIpc) is 3.12. The molecule has 0 radical (unpaired) electrons. The summed E-state index contributed by atoms with van der Waals surface area (Å²) in [6.45, 7) is 1.99. The van der Waals surface area contributed by atoms with E-state index in [4.69, 9.17) is 5.26 Å². The molecule has 1 aromatic carbocycles. The summed E-state index contributed by atoms with van der Waals surface area (Å²) in [6, 6.07) is 8.02. The molecule has 3 rings (SSSR count). The second kappa shape index (κ2) is 8.83. The largest absolute Gasteiger partial charge is 0.417 e. The van der Waals surface area contributed by atoms with Crippen LogP contribution in [0.2, 0.25) is 0 Å². The van der Waals surface area contributed by atoms with Gasteiger partial charge in [-0.3, -0.25) is 4.79 Å². The van der Waals surface area contributed by atoms with Crippen molar-refractivity contribution in [2.75, 3.05) is 18.4 Å². The maximum absolute atomic E-state index is 13.6. The predicted molar refractivity (Wildman–Crippen MR) is 103 cm³/mol. The van der Waals surface area contributed by atoms with Crippen molar-refractivity contribution in [3.8, 4) is 11.9 Å². The molecule has 0 saturated heterocycles. The van der Waals surface area contributed by atoms with E-state index in [2.05, 4.69) is 20.7 Å². The summed E-state index contributed by atoms with van der Waals surface area (Å²) >= 11 is 0. The van der Waals surface area contributed by atoms with Crippen LogP contribution in [0.1, 0.15) is 27.2 Å². The fraction of sp³-hybridized carbons (Fsp3) is 0.200. The topological polar surface area (TPSA) is 95.6 Å². The zero-order valence-electron chi connectivity index (χ0n) is 16.2. The number of nitrogens with one attached hydrogen (secondary N) is 2. The van der Waals surface area contributed by atoms with Gasteiger partial charge < -0.3 is 10.6 Å². The first-order valence-electron chi connectivity index (χ1n) is 9.01. The van der Waals surface area contributed by atoms with E-state index in [0.717, 1.165) is 6.07 Å². The van der Waals surface area contributed by atoms with E-state index in [-0.39, 0.29) is 30.0 Å². The Labute approximate surface area is 174 Å². The van der Waals surface area contributed by atoms with Gasteiger partial charge in [0, 0.05) is 19.3 Å². The molecule has 3 aromatic rings. The highest BCUT2D eigenvalue weighted by atomic mass is 19.4. The van der Waals surface area contributed by atoms with Crippen molar-refractivity contribution >= 4 is 11.6 Å². The first-order valence-corrected chi connectivity index (χ1v) is 9.01. The van der Waals surface area contributed by atoms with Crippen LogP contribution in [0, 0.1) is 24.1 Å². The highest BCUT2D eigenvalue weighted by Crippen LogP contribution is 2.28. The van der Waals surface area contributed by atoms with Crippen molar-refractivity contribution in [3.63, 3.8) is 0 Å². The normalized spacial score (nSPS) is 11.1. The molecule has 160 valence electrons. The summed E-state index contributed by atoms with van der Waals surface area (Å²) in [7, 11) is 0. The van der Waals surface area contributed by atoms with Crippen LogP contribution < -0.4 is 10.6 Å². The Kier molecular flexibility index (Phi) is 6.20. The van der Waals surface area contributed by atoms with Crippen LogP contribution >= 0.6 is 0 Å². The third kappa shape index (κ3) is 4.80. The number of hydrogen-bond acceptors (Lipinski definition) is 5. The number of pyridine rings is 1. The average molecular weight is 432 g/mol. The van der Waals surface area contributed by atoms with Crippen LogP contribution in [0.25, 0.3) is 5.82 Å². The molecule has 0 bridgehead atoms. The summed E-state index contributed by atoms with van der Waals surface area (Å²) < 4.78 is 52.9. The lowest BCUT2D eigenvalue weighted by Crippen LogP contribution is -2.29. The van der Waals surface area contributed by atoms with Crippen molar-refractivity contribution < 1.29 is 22.4 Å². The smallest absolute Gasteiger partial charge is 0.382 e. The van der Waals surface area contributed by atoms with E-state index in [1.807, 2.05) is 0 Å². The molecule has 0 fully saturated rings. The number of alkyl halides is 3. The van der Waals surface area contributed by atoms with E-state index in [1.165, 1.54) is 29.1 Å². The van der Waals surface area contributed by atoms with Crippen molar-refractivity contribution in [1.29, 1.82) is 5.26 Å². The first-order chi connectivity index (χ1) is 14.7. The number of nitrogens with zero attached hydrogens (tertiary/aromatic N) is 4. The number of carbonyl (C=O) groups excluding carboxylic acids is 1. The Morgan fingerprint density at radius 3 is 2.61 bits per heavy atom. The second-order valence-electron chi connectivity index (χ2n) is 6.42. The van der Waals surface area contributed by atoms with E-state index in [9.17, 15) is 22.4 Å². The number of amides is 1. The molecule has 0 aliphatic carbocycles. The number of benzene rings is 1. The summed E-state index contributed by atoms with van der Waals surface area (Å²) in [4.78, 5) is 16.2. The monoisotopic (exact) mass is 432 g/mol. The minimum absolute atomic E-state index is 0.116. The summed E-state index contributed by atoms with van der Waals surface area (Å²) in [6.07, 6.45) is -2.51. The zero-order valence-corrected chi connectivity index (χ0v) is 16.2. The molecule has 31 heavy (non-hydrogen) atoms. The van der Waals surface area contributed by atoms with Gasteiger partial charge in [0.15, 0.2) is 5.82 Å². The zero-order chi connectivity index (χ0) is 22.6. The number of rotatable bonds is 6. The maximum Gasteiger partial charge on any atom is 0.417 e. The van der Waals surface area contributed by atoms with Gasteiger partial charge in [0.25, 0.3) is 5.91 Å². The number of carbonyl (C=O) groups is 1. The molecule has 1 amide bonds. The lowest BCUT2D eigenvalue weighted by atomic mass is 10.2. The van der Waals surface area contributed by atoms with Crippen molar-refractivity contribution in [3.05, 3.63) is 70.9 Å². The number of anilines is 1. The molecule has 0 spiro atoms. The molecule has 2 aromatic heterocycles. The van der Waals surface area contributed by atoms with Crippen LogP contribution in [0.15, 0.2) is 42.7 Å². The number of halogens is 4. The SMILES string of the molecule is Cc1c(C(=O)NCCNc2cccc(F)c2C#N)cnn1-c1ccc(C(F)(F)F)cn1. The van der Waals surface area contributed by atoms with E-state index < -0.39 is 23.5 Å². The van der Waals surface area contributed by atoms with Crippen LogP contribution in [0.3, 0.4) is 0 Å². The Balaban J connectivity index is 1.62. The van der Waals surface area contributed by atoms with E-state index >= 15 is 0 Å². The third-order valence-electron chi connectivity index (χ3n) is 4.40. The quantitative estimate of drug-likeness (QED) is 0.460. The molecule has 0 atom stereocenters. The molecule has 11 heteroatoms. The van der Waals surface area contributed by atoms with Crippen molar-refractivity contribution in [2.24, 2.45) is 0 Å². The molecule has 0 aliphatic rings. The molecular formula is C20H16F4N6O. The second-order valence-corrected chi connectivity index (χ2v) is 6.42. The molecule has 2 N–H and O–H groups in total. The summed E-state index contributed by atoms with van der Waals surface area (Å²) in [5, 5.41) is 18.6. The standard InChI is InChI=1S/C20H16F4N6O/c1-12-15(11-29-30(12)18-6-5-13(10-28-18)20(22,23)24)19(31)27-8-7-26-17-4-2-3-16(21)14(17)9-25/h2-6,10-11,26H,7-8H2,1H3,(H,27,31). The summed E-state index contributed by atoms with van der Waals surface area (Å²) in [5.41, 5.74) is -0.0618. The van der Waals surface area contributed by atoms with E-state index in [0.29, 0.717) is 17.6 Å². The molecule has 0 aliphatic heterocycles. The van der Waals surface area contributed by atoms with Crippen LogP contribution in [-0.4, -0.2) is 33.8 Å². The van der Waals surface area contributed by atoms with E-state index in [1.54, 1.807) is 19.1 Å². The number of aromatic nitrogens is 3. The van der Waals surface area contributed by atoms with Gasteiger partial charge in [-0.25, -0.2) is 14.1 Å². The molecule has 0 unspecified atom stereocenters. The lowest BCUT2D eigenvalue weighted by molar-refractivity contribution is -0.137. The molecule has 2 heterocycles. The first kappa shape index (κ1) is 21.8. The predicted octanol–water partition coefficient (Wildman–Crippen LogP) is 3.45.